The predicted molar refractivity (Wildman–Crippen MR) is 210 cm³/mol. The molecule has 0 fully saturated rings. The highest BCUT2D eigenvalue weighted by Gasteiger charge is 2.05. The van der Waals surface area contributed by atoms with Crippen LogP contribution in [0.3, 0.4) is 0 Å². The second-order valence-electron chi connectivity index (χ2n) is 13.8. The molecule has 0 amide bonds. The number of halogens is 2. The van der Waals surface area contributed by atoms with Gasteiger partial charge in [-0.1, -0.05) is 154 Å². The van der Waals surface area contributed by atoms with Gasteiger partial charge in [-0.25, -0.2) is 0 Å². The number of allylic oxidation sites excluding steroid dienone is 4. The third-order valence-corrected chi connectivity index (χ3v) is 9.78. The zero-order chi connectivity index (χ0) is 34.1. The van der Waals surface area contributed by atoms with Gasteiger partial charge in [-0.05, 0) is 76.0 Å². The van der Waals surface area contributed by atoms with Gasteiger partial charge in [-0.3, -0.25) is 0 Å². The Hall–Kier alpha value is -0.0600. The molecule has 0 aliphatic heterocycles. The van der Waals surface area contributed by atoms with Gasteiger partial charge >= 0.3 is 0 Å². The van der Waals surface area contributed by atoms with Crippen molar-refractivity contribution in [3.05, 3.63) is 24.3 Å². The third kappa shape index (κ3) is 38.6. The molecule has 0 saturated heterocycles. The fraction of sp³-hybridized carbons (Fsp3) is 0.905. The normalized spacial score (nSPS) is 13.4. The fourth-order valence-corrected chi connectivity index (χ4v) is 6.65. The lowest BCUT2D eigenvalue weighted by atomic mass is 9.99. The Morgan fingerprint density at radius 3 is 1.04 bits per heavy atom. The molecule has 0 bridgehead atoms. The maximum absolute atomic E-state index is 5.77. The molecular weight excluding hydrogens is 623 g/mol. The molecule has 0 radical (unpaired) electrons. The van der Waals surface area contributed by atoms with Crippen LogP contribution in [0.1, 0.15) is 194 Å². The summed E-state index contributed by atoms with van der Waals surface area (Å²) in [7, 11) is 0. The summed E-state index contributed by atoms with van der Waals surface area (Å²) >= 11 is 11.5. The van der Waals surface area contributed by atoms with E-state index in [-0.39, 0.29) is 0 Å². The van der Waals surface area contributed by atoms with E-state index in [1.807, 2.05) is 0 Å². The second-order valence-corrected chi connectivity index (χ2v) is 14.6. The molecule has 47 heavy (non-hydrogen) atoms. The van der Waals surface area contributed by atoms with Crippen molar-refractivity contribution >= 4 is 23.2 Å². The SMILES string of the molecule is CCCC(C=CCCCCCCCCCCCCCl)CCOCOCOCCC(C=CCCCCCCCCCCCCCl)CCC. The molecule has 0 saturated carbocycles. The van der Waals surface area contributed by atoms with Crippen molar-refractivity contribution < 1.29 is 14.2 Å². The van der Waals surface area contributed by atoms with Crippen LogP contribution in [0.15, 0.2) is 24.3 Å². The molecular formula is C42H80Cl2O3. The standard InChI is InChI=1S/C42H80Cl2O3/c1-3-29-41(31-25-21-17-13-9-5-7-11-15-19-23-27-35-43)33-37-45-39-47-40-46-38-34-42(30-4-2)32-26-22-18-14-10-6-8-12-16-20-24-28-36-44/h25-26,31-32,41-42H,3-24,27-30,33-40H2,1-2H3. The Labute approximate surface area is 304 Å². The molecule has 0 spiro atoms. The first-order valence-electron chi connectivity index (χ1n) is 20.5. The highest BCUT2D eigenvalue weighted by atomic mass is 35.5. The van der Waals surface area contributed by atoms with E-state index in [1.54, 1.807) is 0 Å². The summed E-state index contributed by atoms with van der Waals surface area (Å²) in [4.78, 5) is 0. The number of alkyl halides is 2. The van der Waals surface area contributed by atoms with Crippen molar-refractivity contribution in [2.45, 2.75) is 194 Å². The van der Waals surface area contributed by atoms with E-state index in [1.165, 1.54) is 167 Å². The molecule has 2 unspecified atom stereocenters. The lowest BCUT2D eigenvalue weighted by Crippen LogP contribution is -2.10. The quantitative estimate of drug-likeness (QED) is 0.0275. The topological polar surface area (TPSA) is 27.7 Å². The summed E-state index contributed by atoms with van der Waals surface area (Å²) in [6, 6.07) is 0. The molecule has 0 N–H and O–H groups in total. The third-order valence-electron chi connectivity index (χ3n) is 9.24. The second kappa shape index (κ2) is 42.1. The number of hydrogen-bond acceptors (Lipinski definition) is 3. The number of ether oxygens (including phenoxy) is 3. The zero-order valence-electron chi connectivity index (χ0n) is 31.5. The molecule has 280 valence electrons. The van der Waals surface area contributed by atoms with Crippen molar-refractivity contribution in [1.29, 1.82) is 0 Å². The number of rotatable bonds is 40. The van der Waals surface area contributed by atoms with Crippen LogP contribution in [-0.4, -0.2) is 38.6 Å². The van der Waals surface area contributed by atoms with Crippen LogP contribution in [0.2, 0.25) is 0 Å². The Morgan fingerprint density at radius 2 is 0.723 bits per heavy atom. The van der Waals surface area contributed by atoms with Gasteiger partial charge < -0.3 is 14.2 Å². The van der Waals surface area contributed by atoms with Crippen LogP contribution in [0.25, 0.3) is 0 Å². The summed E-state index contributed by atoms with van der Waals surface area (Å²) in [6.45, 7) is 6.69. The van der Waals surface area contributed by atoms with Gasteiger partial charge in [0.15, 0.2) is 0 Å². The number of hydrogen-bond donors (Lipinski definition) is 0. The van der Waals surface area contributed by atoms with E-state index in [9.17, 15) is 0 Å². The van der Waals surface area contributed by atoms with Crippen LogP contribution in [0, 0.1) is 11.8 Å². The van der Waals surface area contributed by atoms with Crippen molar-refractivity contribution in [3.63, 3.8) is 0 Å². The Morgan fingerprint density at radius 1 is 0.404 bits per heavy atom. The van der Waals surface area contributed by atoms with Crippen LogP contribution in [0.5, 0.6) is 0 Å². The molecule has 0 aromatic carbocycles. The average Bonchev–Trinajstić information content (AvgIpc) is 3.07. The minimum atomic E-state index is 0.322. The summed E-state index contributed by atoms with van der Waals surface area (Å²) in [5, 5.41) is 0. The van der Waals surface area contributed by atoms with Gasteiger partial charge in [-0.15, -0.1) is 23.2 Å². The molecule has 0 heterocycles. The molecule has 0 rings (SSSR count). The van der Waals surface area contributed by atoms with Crippen molar-refractivity contribution in [3.8, 4) is 0 Å². The first kappa shape index (κ1) is 46.9. The number of unbranched alkanes of at least 4 members (excludes halogenated alkanes) is 20. The first-order chi connectivity index (χ1) is 23.3. The van der Waals surface area contributed by atoms with Crippen LogP contribution in [-0.2, 0) is 14.2 Å². The molecule has 0 aromatic rings. The maximum Gasteiger partial charge on any atom is 0.149 e. The Balaban J connectivity index is 3.70. The highest BCUT2D eigenvalue weighted by Crippen LogP contribution is 2.17. The molecule has 0 aliphatic carbocycles. The summed E-state index contributed by atoms with van der Waals surface area (Å²) in [5.74, 6) is 2.88. The van der Waals surface area contributed by atoms with E-state index >= 15 is 0 Å². The lowest BCUT2D eigenvalue weighted by Gasteiger charge is -2.13. The van der Waals surface area contributed by atoms with E-state index < -0.39 is 0 Å². The monoisotopic (exact) mass is 703 g/mol. The smallest absolute Gasteiger partial charge is 0.149 e. The van der Waals surface area contributed by atoms with Gasteiger partial charge in [0.25, 0.3) is 0 Å². The van der Waals surface area contributed by atoms with E-state index in [0.29, 0.717) is 25.4 Å². The predicted octanol–water partition coefficient (Wildman–Crippen LogP) is 14.7. The van der Waals surface area contributed by atoms with Crippen molar-refractivity contribution in [2.24, 2.45) is 11.8 Å². The Kier molecular flexibility index (Phi) is 42.1. The molecule has 3 nitrogen and oxygen atoms in total. The van der Waals surface area contributed by atoms with Crippen molar-refractivity contribution in [1.82, 2.24) is 0 Å². The molecule has 0 aliphatic rings. The maximum atomic E-state index is 5.77. The van der Waals surface area contributed by atoms with E-state index in [0.717, 1.165) is 37.8 Å². The van der Waals surface area contributed by atoms with Gasteiger partial charge in [-0.2, -0.15) is 0 Å². The van der Waals surface area contributed by atoms with Gasteiger partial charge in [0.2, 0.25) is 0 Å². The summed E-state index contributed by atoms with van der Waals surface area (Å²) < 4.78 is 17.1. The highest BCUT2D eigenvalue weighted by molar-refractivity contribution is 6.18. The molecule has 0 aromatic heterocycles. The van der Waals surface area contributed by atoms with Crippen LogP contribution < -0.4 is 0 Å². The Bertz CT molecular complexity index is 575. The van der Waals surface area contributed by atoms with Crippen molar-refractivity contribution in [2.75, 3.05) is 38.6 Å². The zero-order valence-corrected chi connectivity index (χ0v) is 33.0. The summed E-state index contributed by atoms with van der Waals surface area (Å²) in [5.41, 5.74) is 0. The summed E-state index contributed by atoms with van der Waals surface area (Å²) in [6.07, 6.45) is 46.2. The van der Waals surface area contributed by atoms with E-state index in [2.05, 4.69) is 38.2 Å². The molecule has 5 heteroatoms. The van der Waals surface area contributed by atoms with Gasteiger partial charge in [0.1, 0.15) is 13.6 Å². The van der Waals surface area contributed by atoms with Crippen LogP contribution >= 0.6 is 23.2 Å². The first-order valence-corrected chi connectivity index (χ1v) is 21.5. The lowest BCUT2D eigenvalue weighted by molar-refractivity contribution is -0.132. The largest absolute Gasteiger partial charge is 0.355 e. The minimum absolute atomic E-state index is 0.322. The minimum Gasteiger partial charge on any atom is -0.355 e. The molecule has 2 atom stereocenters. The van der Waals surface area contributed by atoms with E-state index in [4.69, 9.17) is 37.4 Å². The average molecular weight is 704 g/mol. The fourth-order valence-electron chi connectivity index (χ4n) is 6.27. The van der Waals surface area contributed by atoms with Crippen LogP contribution in [0.4, 0.5) is 0 Å². The van der Waals surface area contributed by atoms with Gasteiger partial charge in [0, 0.05) is 25.0 Å². The van der Waals surface area contributed by atoms with Gasteiger partial charge in [0.05, 0.1) is 0 Å².